The molecule has 1 aromatic rings. The summed E-state index contributed by atoms with van der Waals surface area (Å²) in [5, 5.41) is 13.5. The van der Waals surface area contributed by atoms with Gasteiger partial charge in [-0.15, -0.1) is 0 Å². The van der Waals surface area contributed by atoms with Gasteiger partial charge in [-0.05, 0) is 26.8 Å². The van der Waals surface area contributed by atoms with Gasteiger partial charge in [-0.25, -0.2) is 0 Å². The van der Waals surface area contributed by atoms with E-state index in [4.69, 9.17) is 0 Å². The molecule has 0 aromatic carbocycles. The maximum Gasteiger partial charge on any atom is 0.0639 e. The van der Waals surface area contributed by atoms with E-state index in [1.807, 2.05) is 23.9 Å². The smallest absolute Gasteiger partial charge is 0.0639 e. The average Bonchev–Trinajstić information content (AvgIpc) is 2.63. The van der Waals surface area contributed by atoms with Crippen molar-refractivity contribution in [3.63, 3.8) is 0 Å². The van der Waals surface area contributed by atoms with Crippen molar-refractivity contribution < 1.29 is 5.11 Å². The highest BCUT2D eigenvalue weighted by molar-refractivity contribution is 4.78. The predicted octanol–water partition coefficient (Wildman–Crippen LogP) is 0.974. The van der Waals surface area contributed by atoms with Gasteiger partial charge < -0.3 is 5.11 Å². The second-order valence-electron chi connectivity index (χ2n) is 4.21. The van der Waals surface area contributed by atoms with E-state index < -0.39 is 0 Å². The fourth-order valence-electron chi connectivity index (χ4n) is 1.56. The largest absolute Gasteiger partial charge is 0.392 e. The van der Waals surface area contributed by atoms with Crippen LogP contribution in [0.5, 0.6) is 0 Å². The van der Waals surface area contributed by atoms with Crippen LogP contribution in [0.3, 0.4) is 0 Å². The molecule has 0 aliphatic rings. The number of aliphatic hydroxyl groups excluding tert-OH is 1. The van der Waals surface area contributed by atoms with Gasteiger partial charge in [-0.1, -0.05) is 0 Å². The SMILES string of the molecule is CC(O)CN(CCn1cccn1)C(C)C. The van der Waals surface area contributed by atoms with E-state index in [9.17, 15) is 5.11 Å². The molecule has 4 nitrogen and oxygen atoms in total. The van der Waals surface area contributed by atoms with E-state index in [-0.39, 0.29) is 6.10 Å². The number of hydrogen-bond acceptors (Lipinski definition) is 3. The Morgan fingerprint density at radius 2 is 2.13 bits per heavy atom. The van der Waals surface area contributed by atoms with Crippen molar-refractivity contribution >= 4 is 0 Å². The molecule has 0 fully saturated rings. The van der Waals surface area contributed by atoms with Gasteiger partial charge in [0.05, 0.1) is 12.6 Å². The fraction of sp³-hybridized carbons (Fsp3) is 0.727. The maximum atomic E-state index is 9.36. The lowest BCUT2D eigenvalue weighted by molar-refractivity contribution is 0.104. The van der Waals surface area contributed by atoms with E-state index >= 15 is 0 Å². The van der Waals surface area contributed by atoms with Crippen LogP contribution in [0.4, 0.5) is 0 Å². The van der Waals surface area contributed by atoms with E-state index in [0.29, 0.717) is 6.04 Å². The minimum absolute atomic E-state index is 0.273. The number of aromatic nitrogens is 2. The lowest BCUT2D eigenvalue weighted by atomic mass is 10.2. The van der Waals surface area contributed by atoms with Crippen molar-refractivity contribution in [2.45, 2.75) is 39.5 Å². The Labute approximate surface area is 91.5 Å². The van der Waals surface area contributed by atoms with Gasteiger partial charge in [-0.2, -0.15) is 5.10 Å². The second kappa shape index (κ2) is 5.88. The topological polar surface area (TPSA) is 41.3 Å². The van der Waals surface area contributed by atoms with Crippen LogP contribution < -0.4 is 0 Å². The number of hydrogen-bond donors (Lipinski definition) is 1. The molecule has 4 heteroatoms. The molecule has 0 spiro atoms. The first-order chi connectivity index (χ1) is 7.09. The lowest BCUT2D eigenvalue weighted by Crippen LogP contribution is -2.38. The van der Waals surface area contributed by atoms with E-state index in [0.717, 1.165) is 19.6 Å². The van der Waals surface area contributed by atoms with Crippen molar-refractivity contribution in [2.75, 3.05) is 13.1 Å². The molecular formula is C11H21N3O. The summed E-state index contributed by atoms with van der Waals surface area (Å²) in [6.45, 7) is 8.63. The highest BCUT2D eigenvalue weighted by Gasteiger charge is 2.11. The Morgan fingerprint density at radius 1 is 1.40 bits per heavy atom. The van der Waals surface area contributed by atoms with Crippen molar-refractivity contribution in [2.24, 2.45) is 0 Å². The fourth-order valence-corrected chi connectivity index (χ4v) is 1.56. The van der Waals surface area contributed by atoms with Crippen LogP contribution in [0.15, 0.2) is 18.5 Å². The summed E-state index contributed by atoms with van der Waals surface area (Å²) in [7, 11) is 0. The van der Waals surface area contributed by atoms with Crippen LogP contribution in [-0.2, 0) is 6.54 Å². The third-order valence-electron chi connectivity index (χ3n) is 2.40. The molecule has 1 N–H and O–H groups in total. The highest BCUT2D eigenvalue weighted by atomic mass is 16.3. The molecule has 1 atom stereocenters. The van der Waals surface area contributed by atoms with Crippen LogP contribution in [-0.4, -0.2) is 45.0 Å². The summed E-state index contributed by atoms with van der Waals surface area (Å²) in [5.41, 5.74) is 0. The molecule has 0 aliphatic carbocycles. The average molecular weight is 211 g/mol. The van der Waals surface area contributed by atoms with Crippen LogP contribution in [0.25, 0.3) is 0 Å². The van der Waals surface area contributed by atoms with E-state index in [1.165, 1.54) is 0 Å². The van der Waals surface area contributed by atoms with Crippen molar-refractivity contribution in [3.05, 3.63) is 18.5 Å². The maximum absolute atomic E-state index is 9.36. The molecule has 0 saturated carbocycles. The Kier molecular flexibility index (Phi) is 4.78. The van der Waals surface area contributed by atoms with Crippen molar-refractivity contribution in [1.29, 1.82) is 0 Å². The first-order valence-electron chi connectivity index (χ1n) is 5.49. The normalized spacial score (nSPS) is 13.7. The van der Waals surface area contributed by atoms with Gasteiger partial charge in [0.25, 0.3) is 0 Å². The molecule has 0 amide bonds. The van der Waals surface area contributed by atoms with Crippen LogP contribution in [0.1, 0.15) is 20.8 Å². The Morgan fingerprint density at radius 3 is 2.60 bits per heavy atom. The van der Waals surface area contributed by atoms with Gasteiger partial charge in [0.1, 0.15) is 0 Å². The summed E-state index contributed by atoms with van der Waals surface area (Å²) in [5.74, 6) is 0. The standard InChI is InChI=1S/C11H21N3O/c1-10(2)13(9-11(3)15)7-8-14-6-4-5-12-14/h4-6,10-11,15H,7-9H2,1-3H3. The van der Waals surface area contributed by atoms with Gasteiger partial charge in [0.15, 0.2) is 0 Å². The molecule has 1 rings (SSSR count). The first kappa shape index (κ1) is 12.2. The third-order valence-corrected chi connectivity index (χ3v) is 2.40. The molecule has 0 aliphatic heterocycles. The summed E-state index contributed by atoms with van der Waals surface area (Å²) >= 11 is 0. The van der Waals surface area contributed by atoms with Crippen molar-refractivity contribution in [3.8, 4) is 0 Å². The van der Waals surface area contributed by atoms with Gasteiger partial charge >= 0.3 is 0 Å². The zero-order valence-corrected chi connectivity index (χ0v) is 9.80. The Hall–Kier alpha value is -0.870. The van der Waals surface area contributed by atoms with Gasteiger partial charge in [0, 0.05) is 31.5 Å². The summed E-state index contributed by atoms with van der Waals surface area (Å²) in [4.78, 5) is 2.26. The minimum Gasteiger partial charge on any atom is -0.392 e. The molecule has 0 radical (unpaired) electrons. The predicted molar refractivity (Wildman–Crippen MR) is 60.6 cm³/mol. The molecule has 1 heterocycles. The monoisotopic (exact) mass is 211 g/mol. The number of rotatable bonds is 6. The summed E-state index contributed by atoms with van der Waals surface area (Å²) in [6.07, 6.45) is 3.47. The molecule has 1 unspecified atom stereocenters. The molecule has 1 aromatic heterocycles. The van der Waals surface area contributed by atoms with Crippen LogP contribution >= 0.6 is 0 Å². The quantitative estimate of drug-likeness (QED) is 0.762. The minimum atomic E-state index is -0.273. The van der Waals surface area contributed by atoms with E-state index in [1.54, 1.807) is 6.20 Å². The zero-order valence-electron chi connectivity index (χ0n) is 9.80. The van der Waals surface area contributed by atoms with Crippen LogP contribution in [0.2, 0.25) is 0 Å². The second-order valence-corrected chi connectivity index (χ2v) is 4.21. The molecule has 0 saturated heterocycles. The summed E-state index contributed by atoms with van der Waals surface area (Å²) < 4.78 is 1.91. The molecule has 86 valence electrons. The Balaban J connectivity index is 2.38. The van der Waals surface area contributed by atoms with Crippen LogP contribution in [0, 0.1) is 0 Å². The molecule has 15 heavy (non-hydrogen) atoms. The zero-order chi connectivity index (χ0) is 11.3. The van der Waals surface area contributed by atoms with Gasteiger partial charge in [0.2, 0.25) is 0 Å². The summed E-state index contributed by atoms with van der Waals surface area (Å²) in [6, 6.07) is 2.38. The highest BCUT2D eigenvalue weighted by Crippen LogP contribution is 2.00. The first-order valence-corrected chi connectivity index (χ1v) is 5.49. The molecular weight excluding hydrogens is 190 g/mol. The van der Waals surface area contributed by atoms with Crippen molar-refractivity contribution in [1.82, 2.24) is 14.7 Å². The number of aliphatic hydroxyl groups is 1. The third kappa shape index (κ3) is 4.44. The van der Waals surface area contributed by atoms with E-state index in [2.05, 4.69) is 23.8 Å². The number of nitrogens with zero attached hydrogens (tertiary/aromatic N) is 3. The Bertz CT molecular complexity index is 257. The van der Waals surface area contributed by atoms with Gasteiger partial charge in [-0.3, -0.25) is 9.58 Å². The lowest BCUT2D eigenvalue weighted by Gasteiger charge is -2.27. The molecule has 0 bridgehead atoms.